The number of likely N-dealkylation sites (tertiary alicyclic amines) is 1. The van der Waals surface area contributed by atoms with E-state index in [1.807, 2.05) is 51.1 Å². The minimum Gasteiger partial charge on any atom is -0.352 e. The van der Waals surface area contributed by atoms with Crippen LogP contribution in [0.5, 0.6) is 0 Å². The highest BCUT2D eigenvalue weighted by Crippen LogP contribution is 2.37. The lowest BCUT2D eigenvalue weighted by atomic mass is 9.87. The fraction of sp³-hybridized carbons (Fsp3) is 0.440. The SMILES string of the molecule is CC(C)(C)CC(=O)N1CC(C(=O)NCc2ccccc2)C(c2cccc(C(F)(F)F)c2)C1. The van der Waals surface area contributed by atoms with Crippen molar-refractivity contribution in [2.24, 2.45) is 11.3 Å². The molecule has 2 aromatic carbocycles. The normalized spacial score (nSPS) is 19.1. The molecule has 1 saturated heterocycles. The van der Waals surface area contributed by atoms with Crippen LogP contribution in [0.25, 0.3) is 0 Å². The Morgan fingerprint density at radius 3 is 2.31 bits per heavy atom. The van der Waals surface area contributed by atoms with Gasteiger partial charge in [0.1, 0.15) is 0 Å². The van der Waals surface area contributed by atoms with Crippen molar-refractivity contribution in [3.63, 3.8) is 0 Å². The molecule has 2 aromatic rings. The number of carbonyl (C=O) groups excluding carboxylic acids is 2. The van der Waals surface area contributed by atoms with Gasteiger partial charge in [0.2, 0.25) is 11.8 Å². The van der Waals surface area contributed by atoms with Crippen molar-refractivity contribution in [2.75, 3.05) is 13.1 Å². The Bertz CT molecular complexity index is 952. The van der Waals surface area contributed by atoms with Gasteiger partial charge in [-0.05, 0) is 22.6 Å². The first-order chi connectivity index (χ1) is 14.9. The van der Waals surface area contributed by atoms with Crippen LogP contribution < -0.4 is 5.32 Å². The van der Waals surface area contributed by atoms with Gasteiger partial charge in [-0.25, -0.2) is 0 Å². The number of rotatable bonds is 5. The summed E-state index contributed by atoms with van der Waals surface area (Å²) >= 11 is 0. The predicted octanol–water partition coefficient (Wildman–Crippen LogP) is 5.00. The largest absolute Gasteiger partial charge is 0.416 e. The topological polar surface area (TPSA) is 49.4 Å². The number of amides is 2. The molecule has 172 valence electrons. The highest BCUT2D eigenvalue weighted by molar-refractivity contribution is 5.83. The van der Waals surface area contributed by atoms with Crippen LogP contribution in [-0.4, -0.2) is 29.8 Å². The van der Waals surface area contributed by atoms with Gasteiger partial charge in [-0.1, -0.05) is 69.3 Å². The zero-order chi connectivity index (χ0) is 23.5. The Morgan fingerprint density at radius 1 is 1.00 bits per heavy atom. The van der Waals surface area contributed by atoms with Crippen LogP contribution in [0.4, 0.5) is 13.2 Å². The lowest BCUT2D eigenvalue weighted by Crippen LogP contribution is -2.36. The summed E-state index contributed by atoms with van der Waals surface area (Å²) in [4.78, 5) is 27.5. The Kier molecular flexibility index (Phi) is 6.96. The van der Waals surface area contributed by atoms with E-state index in [0.29, 0.717) is 18.5 Å². The first-order valence-electron chi connectivity index (χ1n) is 10.7. The van der Waals surface area contributed by atoms with E-state index in [2.05, 4.69) is 5.32 Å². The standard InChI is InChI=1S/C25H29F3N2O2/c1-24(2,3)13-22(31)30-15-20(18-10-7-11-19(12-18)25(26,27)28)21(16-30)23(32)29-14-17-8-5-4-6-9-17/h4-12,20-21H,13-16H2,1-3H3,(H,29,32). The van der Waals surface area contributed by atoms with Gasteiger partial charge in [0.05, 0.1) is 11.5 Å². The number of halogens is 3. The summed E-state index contributed by atoms with van der Waals surface area (Å²) in [5, 5.41) is 2.89. The van der Waals surface area contributed by atoms with Gasteiger partial charge in [0, 0.05) is 32.0 Å². The lowest BCUT2D eigenvalue weighted by molar-refractivity contribution is -0.137. The fourth-order valence-corrected chi connectivity index (χ4v) is 4.04. The minimum absolute atomic E-state index is 0.0900. The molecule has 2 atom stereocenters. The number of benzene rings is 2. The summed E-state index contributed by atoms with van der Waals surface area (Å²) in [5.41, 5.74) is 0.370. The molecular formula is C25H29F3N2O2. The third-order valence-corrected chi connectivity index (χ3v) is 5.64. The van der Waals surface area contributed by atoms with Crippen molar-refractivity contribution in [3.05, 3.63) is 71.3 Å². The summed E-state index contributed by atoms with van der Waals surface area (Å²) in [7, 11) is 0. The molecule has 1 fully saturated rings. The van der Waals surface area contributed by atoms with Crippen LogP contribution in [-0.2, 0) is 22.3 Å². The van der Waals surface area contributed by atoms with Crippen molar-refractivity contribution >= 4 is 11.8 Å². The molecule has 1 aliphatic heterocycles. The summed E-state index contributed by atoms with van der Waals surface area (Å²) < 4.78 is 39.8. The molecule has 1 aliphatic rings. The maximum Gasteiger partial charge on any atom is 0.416 e. The first-order valence-corrected chi connectivity index (χ1v) is 10.7. The van der Waals surface area contributed by atoms with Crippen LogP contribution in [0.1, 0.15) is 49.8 Å². The molecule has 1 heterocycles. The molecular weight excluding hydrogens is 417 g/mol. The Hall–Kier alpha value is -2.83. The third kappa shape index (κ3) is 6.11. The van der Waals surface area contributed by atoms with Gasteiger partial charge in [0.15, 0.2) is 0 Å². The number of carbonyl (C=O) groups is 2. The van der Waals surface area contributed by atoms with Crippen LogP contribution in [0, 0.1) is 11.3 Å². The molecule has 0 spiro atoms. The minimum atomic E-state index is -4.47. The summed E-state index contributed by atoms with van der Waals surface area (Å²) in [6.45, 7) is 6.59. The summed E-state index contributed by atoms with van der Waals surface area (Å²) in [6.07, 6.45) is -4.16. The highest BCUT2D eigenvalue weighted by atomic mass is 19.4. The Labute approximate surface area is 186 Å². The molecule has 0 aliphatic carbocycles. The molecule has 2 unspecified atom stereocenters. The van der Waals surface area contributed by atoms with Gasteiger partial charge in [-0.3, -0.25) is 9.59 Å². The van der Waals surface area contributed by atoms with Gasteiger partial charge >= 0.3 is 6.18 Å². The van der Waals surface area contributed by atoms with E-state index < -0.39 is 23.6 Å². The van der Waals surface area contributed by atoms with Gasteiger partial charge < -0.3 is 10.2 Å². The number of hydrogen-bond donors (Lipinski definition) is 1. The lowest BCUT2D eigenvalue weighted by Gasteiger charge is -2.23. The zero-order valence-corrected chi connectivity index (χ0v) is 18.6. The van der Waals surface area contributed by atoms with E-state index in [1.54, 1.807) is 11.0 Å². The van der Waals surface area contributed by atoms with E-state index >= 15 is 0 Å². The maximum absolute atomic E-state index is 13.3. The highest BCUT2D eigenvalue weighted by Gasteiger charge is 2.41. The third-order valence-electron chi connectivity index (χ3n) is 5.64. The molecule has 3 rings (SSSR count). The van der Waals surface area contributed by atoms with E-state index in [9.17, 15) is 22.8 Å². The first kappa shape index (κ1) is 23.8. The van der Waals surface area contributed by atoms with E-state index in [1.165, 1.54) is 6.07 Å². The monoisotopic (exact) mass is 446 g/mol. The molecule has 0 saturated carbocycles. The zero-order valence-electron chi connectivity index (χ0n) is 18.6. The number of nitrogens with zero attached hydrogens (tertiary/aromatic N) is 1. The second-order valence-electron chi connectivity index (χ2n) is 9.58. The maximum atomic E-state index is 13.3. The van der Waals surface area contributed by atoms with E-state index in [-0.39, 0.29) is 30.3 Å². The fourth-order valence-electron chi connectivity index (χ4n) is 4.04. The Morgan fingerprint density at radius 2 is 1.69 bits per heavy atom. The summed E-state index contributed by atoms with van der Waals surface area (Å²) in [6, 6.07) is 14.5. The molecule has 0 radical (unpaired) electrons. The average molecular weight is 447 g/mol. The van der Waals surface area contributed by atoms with Gasteiger partial charge in [-0.15, -0.1) is 0 Å². The van der Waals surface area contributed by atoms with Crippen molar-refractivity contribution in [2.45, 2.75) is 45.8 Å². The van der Waals surface area contributed by atoms with Crippen LogP contribution >= 0.6 is 0 Å². The quantitative estimate of drug-likeness (QED) is 0.703. The van der Waals surface area contributed by atoms with Gasteiger partial charge in [-0.2, -0.15) is 13.2 Å². The molecule has 1 N–H and O–H groups in total. The van der Waals surface area contributed by atoms with E-state index in [4.69, 9.17) is 0 Å². The molecule has 32 heavy (non-hydrogen) atoms. The van der Waals surface area contributed by atoms with Crippen molar-refractivity contribution < 1.29 is 22.8 Å². The van der Waals surface area contributed by atoms with Crippen LogP contribution in [0.15, 0.2) is 54.6 Å². The number of alkyl halides is 3. The van der Waals surface area contributed by atoms with Crippen LogP contribution in [0.3, 0.4) is 0 Å². The van der Waals surface area contributed by atoms with E-state index in [0.717, 1.165) is 17.7 Å². The van der Waals surface area contributed by atoms with Crippen molar-refractivity contribution in [1.82, 2.24) is 10.2 Å². The second kappa shape index (κ2) is 9.35. The van der Waals surface area contributed by atoms with Crippen molar-refractivity contribution in [3.8, 4) is 0 Å². The number of hydrogen-bond acceptors (Lipinski definition) is 2. The van der Waals surface area contributed by atoms with Crippen molar-refractivity contribution in [1.29, 1.82) is 0 Å². The molecule has 0 aromatic heterocycles. The average Bonchev–Trinajstić information content (AvgIpc) is 3.17. The van der Waals surface area contributed by atoms with Crippen LogP contribution in [0.2, 0.25) is 0 Å². The number of nitrogens with one attached hydrogen (secondary N) is 1. The molecule has 2 amide bonds. The molecule has 4 nitrogen and oxygen atoms in total. The second-order valence-corrected chi connectivity index (χ2v) is 9.58. The summed E-state index contributed by atoms with van der Waals surface area (Å²) in [5.74, 6) is -1.47. The molecule has 7 heteroatoms. The smallest absolute Gasteiger partial charge is 0.352 e. The predicted molar refractivity (Wildman–Crippen MR) is 117 cm³/mol. The van der Waals surface area contributed by atoms with Gasteiger partial charge in [0.25, 0.3) is 0 Å². The molecule has 0 bridgehead atoms. The Balaban J connectivity index is 1.83.